The maximum Gasteiger partial charge on any atom is 0.524 e. The van der Waals surface area contributed by atoms with E-state index in [-0.39, 0.29) is 29.4 Å². The van der Waals surface area contributed by atoms with E-state index in [1.54, 1.807) is 17.9 Å². The van der Waals surface area contributed by atoms with Crippen LogP contribution in [0.3, 0.4) is 0 Å². The van der Waals surface area contributed by atoms with E-state index >= 15 is 0 Å². The smallest absolute Gasteiger partial charge is 0.507 e. The molecule has 0 bridgehead atoms. The van der Waals surface area contributed by atoms with Crippen LogP contribution in [0.25, 0.3) is 6.08 Å². The molecule has 0 aliphatic carbocycles. The summed E-state index contributed by atoms with van der Waals surface area (Å²) in [5.74, 6) is -1.92. The van der Waals surface area contributed by atoms with Crippen molar-refractivity contribution in [3.8, 4) is 11.5 Å². The predicted octanol–water partition coefficient (Wildman–Crippen LogP) is 3.58. The van der Waals surface area contributed by atoms with Gasteiger partial charge < -0.3 is 19.3 Å². The van der Waals surface area contributed by atoms with E-state index in [1.165, 1.54) is 12.1 Å². The van der Waals surface area contributed by atoms with Gasteiger partial charge in [-0.15, -0.1) is 0 Å². The monoisotopic (exact) mass is 536 g/mol. The van der Waals surface area contributed by atoms with Crippen molar-refractivity contribution in [2.24, 2.45) is 0 Å². The molecule has 0 saturated carbocycles. The second-order valence-corrected chi connectivity index (χ2v) is 9.99. The maximum atomic E-state index is 12.9. The second-order valence-electron chi connectivity index (χ2n) is 8.82. The van der Waals surface area contributed by atoms with Crippen molar-refractivity contribution in [1.29, 1.82) is 0 Å². The molecule has 1 atom stereocenters. The van der Waals surface area contributed by atoms with Gasteiger partial charge in [0, 0.05) is 25.6 Å². The molecule has 0 radical (unpaired) electrons. The van der Waals surface area contributed by atoms with Gasteiger partial charge in [-0.05, 0) is 62.8 Å². The third-order valence-corrected chi connectivity index (χ3v) is 6.14. The highest BCUT2D eigenvalue weighted by Crippen LogP contribution is 2.40. The molecule has 1 amide bonds. The quantitative estimate of drug-likeness (QED) is 0.183. The van der Waals surface area contributed by atoms with Crippen molar-refractivity contribution >= 4 is 25.8 Å². The Kier molecular flexibility index (Phi) is 10.3. The first-order valence-electron chi connectivity index (χ1n) is 12.1. The van der Waals surface area contributed by atoms with Gasteiger partial charge in [-0.3, -0.25) is 24.9 Å². The fourth-order valence-electron chi connectivity index (χ4n) is 3.94. The van der Waals surface area contributed by atoms with Crippen LogP contribution in [0.2, 0.25) is 0 Å². The lowest BCUT2D eigenvalue weighted by molar-refractivity contribution is -0.139. The molecule has 11 nitrogen and oxygen atoms in total. The number of allylic oxidation sites excluding steroid dienone is 3. The standard InChI is InChI=1S/C25H33N2O9P/c1-18-10-6-3-2-4-7-11-20(26-34-17-23(29)27-12-8-5-9-13-27)14-19-15-21(36-37(31,32)33)16-22(28)24(19)25(30)35-18/h3,6-7,11,14-16,18,26,28H,2,4-5,8-10,12-13,17H2,1H3,(H2,31,32,33)/b6-3?,11-7?,20-14-/t18-/m1/s1. The molecular weight excluding hydrogens is 503 g/mol. The van der Waals surface area contributed by atoms with E-state index in [1.807, 2.05) is 18.2 Å². The van der Waals surface area contributed by atoms with Crippen LogP contribution in [0, 0.1) is 0 Å². The zero-order chi connectivity index (χ0) is 26.8. The van der Waals surface area contributed by atoms with E-state index in [0.717, 1.165) is 31.7 Å². The van der Waals surface area contributed by atoms with Crippen molar-refractivity contribution in [3.63, 3.8) is 0 Å². The highest BCUT2D eigenvalue weighted by molar-refractivity contribution is 7.46. The molecule has 202 valence electrons. The summed E-state index contributed by atoms with van der Waals surface area (Å²) in [5.41, 5.74) is 2.87. The lowest BCUT2D eigenvalue weighted by Gasteiger charge is -2.26. The Hall–Kier alpha value is -3.11. The van der Waals surface area contributed by atoms with E-state index < -0.39 is 25.6 Å². The van der Waals surface area contributed by atoms with Gasteiger partial charge in [0.25, 0.3) is 5.91 Å². The van der Waals surface area contributed by atoms with Gasteiger partial charge in [0.2, 0.25) is 0 Å². The summed E-state index contributed by atoms with van der Waals surface area (Å²) >= 11 is 0. The molecule has 4 N–H and O–H groups in total. The third kappa shape index (κ3) is 9.36. The molecule has 0 aromatic heterocycles. The summed E-state index contributed by atoms with van der Waals surface area (Å²) in [6.07, 6.45) is 13.3. The second kappa shape index (κ2) is 13.4. The first kappa shape index (κ1) is 28.5. The number of hydrogen-bond acceptors (Lipinski definition) is 8. The van der Waals surface area contributed by atoms with E-state index in [0.29, 0.717) is 31.6 Å². The lowest BCUT2D eigenvalue weighted by Crippen LogP contribution is -2.39. The van der Waals surface area contributed by atoms with Crippen molar-refractivity contribution in [1.82, 2.24) is 10.4 Å². The van der Waals surface area contributed by atoms with Crippen LogP contribution >= 0.6 is 7.82 Å². The summed E-state index contributed by atoms with van der Waals surface area (Å²) in [6.45, 7) is 2.88. The van der Waals surface area contributed by atoms with Crippen LogP contribution in [-0.2, 0) is 18.9 Å². The number of benzene rings is 1. The number of amides is 1. The number of carbonyl (C=O) groups excluding carboxylic acids is 2. The number of phosphoric acid groups is 1. The SMILES string of the molecule is C[C@@H]1CC=CCCC=C/C(NOCC(=O)N2CCCCC2)=C/c2cc(OP(=O)(O)O)cc(O)c2C(=O)O1. The number of esters is 1. The molecule has 2 aliphatic rings. The summed E-state index contributed by atoms with van der Waals surface area (Å²) in [7, 11) is -4.94. The Bertz CT molecular complexity index is 1100. The molecule has 3 rings (SSSR count). The molecular formula is C25H33N2O9P. The van der Waals surface area contributed by atoms with Crippen LogP contribution < -0.4 is 10.0 Å². The molecule has 2 heterocycles. The predicted molar refractivity (Wildman–Crippen MR) is 135 cm³/mol. The number of cyclic esters (lactones) is 1. The minimum atomic E-state index is -4.94. The number of phenols is 1. The fraction of sp³-hybridized carbons (Fsp3) is 0.440. The fourth-order valence-corrected chi connectivity index (χ4v) is 4.32. The van der Waals surface area contributed by atoms with Gasteiger partial charge >= 0.3 is 13.8 Å². The van der Waals surface area contributed by atoms with E-state index in [2.05, 4.69) is 10.0 Å². The Morgan fingerprint density at radius 2 is 1.89 bits per heavy atom. The molecule has 1 aromatic carbocycles. The third-order valence-electron chi connectivity index (χ3n) is 5.70. The molecule has 1 fully saturated rings. The summed E-state index contributed by atoms with van der Waals surface area (Å²) in [6, 6.07) is 2.12. The Morgan fingerprint density at radius 1 is 1.16 bits per heavy atom. The summed E-state index contributed by atoms with van der Waals surface area (Å²) < 4.78 is 21.5. The largest absolute Gasteiger partial charge is 0.524 e. The van der Waals surface area contributed by atoms with Crippen molar-refractivity contribution < 1.29 is 43.1 Å². The normalized spacial score (nSPS) is 20.7. The van der Waals surface area contributed by atoms with E-state index in [9.17, 15) is 29.0 Å². The van der Waals surface area contributed by atoms with Crippen LogP contribution in [0.15, 0.2) is 42.1 Å². The Morgan fingerprint density at radius 3 is 2.62 bits per heavy atom. The number of hydroxylamine groups is 1. The number of phosphoric ester groups is 1. The van der Waals surface area contributed by atoms with Gasteiger partial charge in [0.15, 0.2) is 6.61 Å². The Labute approximate surface area is 215 Å². The topological polar surface area (TPSA) is 155 Å². The van der Waals surface area contributed by atoms with Crippen molar-refractivity contribution in [2.45, 2.75) is 51.6 Å². The van der Waals surface area contributed by atoms with Gasteiger partial charge in [-0.2, -0.15) is 0 Å². The number of rotatable bonds is 6. The highest BCUT2D eigenvalue weighted by Gasteiger charge is 2.24. The number of phenolic OH excluding ortho intramolecular Hbond substituents is 1. The number of nitrogens with zero attached hydrogens (tertiary/aromatic N) is 1. The number of hydrogen-bond donors (Lipinski definition) is 4. The number of nitrogens with one attached hydrogen (secondary N) is 1. The number of ether oxygens (including phenoxy) is 1. The number of likely N-dealkylation sites (tertiary alicyclic amines) is 1. The average Bonchev–Trinajstić information content (AvgIpc) is 2.81. The molecule has 37 heavy (non-hydrogen) atoms. The minimum Gasteiger partial charge on any atom is -0.507 e. The average molecular weight is 537 g/mol. The molecule has 2 aliphatic heterocycles. The first-order valence-corrected chi connectivity index (χ1v) is 13.7. The summed E-state index contributed by atoms with van der Waals surface area (Å²) in [4.78, 5) is 51.0. The van der Waals surface area contributed by atoms with Gasteiger partial charge in [-0.25, -0.2) is 9.36 Å². The molecule has 0 spiro atoms. The number of aromatic hydroxyl groups is 1. The Balaban J connectivity index is 1.92. The number of carbonyl (C=O) groups is 2. The summed E-state index contributed by atoms with van der Waals surface area (Å²) in [5, 5.41) is 10.6. The van der Waals surface area contributed by atoms with Crippen molar-refractivity contribution in [3.05, 3.63) is 53.3 Å². The molecule has 1 saturated heterocycles. The van der Waals surface area contributed by atoms with Gasteiger partial charge in [0.05, 0.1) is 5.70 Å². The molecule has 12 heteroatoms. The molecule has 1 aromatic rings. The van der Waals surface area contributed by atoms with Gasteiger partial charge in [0.1, 0.15) is 23.2 Å². The van der Waals surface area contributed by atoms with Crippen LogP contribution in [0.5, 0.6) is 11.5 Å². The maximum absolute atomic E-state index is 12.9. The number of fused-ring (bicyclic) bond motifs is 1. The van der Waals surface area contributed by atoms with Crippen LogP contribution in [0.1, 0.15) is 61.4 Å². The molecule has 0 unspecified atom stereocenters. The lowest BCUT2D eigenvalue weighted by atomic mass is 10.0. The van der Waals surface area contributed by atoms with E-state index in [4.69, 9.17) is 9.57 Å². The van der Waals surface area contributed by atoms with Crippen LogP contribution in [-0.4, -0.2) is 57.5 Å². The van der Waals surface area contributed by atoms with Crippen LogP contribution in [0.4, 0.5) is 0 Å². The zero-order valence-electron chi connectivity index (χ0n) is 20.7. The first-order chi connectivity index (χ1) is 17.6. The van der Waals surface area contributed by atoms with Gasteiger partial charge in [-0.1, -0.05) is 18.2 Å². The number of piperidine rings is 1. The highest BCUT2D eigenvalue weighted by atomic mass is 31.2. The minimum absolute atomic E-state index is 0.0614. The van der Waals surface area contributed by atoms with Crippen molar-refractivity contribution in [2.75, 3.05) is 19.7 Å². The zero-order valence-corrected chi connectivity index (χ0v) is 21.6.